The van der Waals surface area contributed by atoms with Gasteiger partial charge in [0.15, 0.2) is 0 Å². The molecule has 1 saturated carbocycles. The third-order valence-electron chi connectivity index (χ3n) is 3.24. The molecule has 1 aromatic carbocycles. The maximum atomic E-state index is 12.3. The molecule has 0 spiro atoms. The number of nitrogens with one attached hydrogen (secondary N) is 1. The molecule has 1 N–H and O–H groups in total. The van der Waals surface area contributed by atoms with Gasteiger partial charge in [-0.15, -0.1) is 0 Å². The molecule has 1 fully saturated rings. The van der Waals surface area contributed by atoms with Crippen LogP contribution in [0.2, 0.25) is 0 Å². The highest BCUT2D eigenvalue weighted by atomic mass is 32.2. The second-order valence-corrected chi connectivity index (χ2v) is 6.33. The number of hydrogen-bond donors (Lipinski definition) is 1. The van der Waals surface area contributed by atoms with Crippen molar-refractivity contribution >= 4 is 10.8 Å². The van der Waals surface area contributed by atoms with Crippen molar-refractivity contribution in [1.29, 1.82) is 0 Å². The first-order chi connectivity index (χ1) is 8.20. The smallest absolute Gasteiger partial charge is 0.0545 e. The topological polar surface area (TPSA) is 29.1 Å². The van der Waals surface area contributed by atoms with Gasteiger partial charge in [-0.25, -0.2) is 0 Å². The molecule has 94 valence electrons. The second kappa shape index (κ2) is 5.78. The Bertz CT molecular complexity index is 401. The first kappa shape index (κ1) is 12.8. The van der Waals surface area contributed by atoms with Gasteiger partial charge in [-0.05, 0) is 49.9 Å². The molecule has 3 heteroatoms. The standard InChI is InChI=1S/C14H21NOS/c1-3-15-14(12-7-8-12)10-17(16)13-6-4-5-11(2)9-13/h4-6,9,12,14-15H,3,7-8,10H2,1-2H3. The summed E-state index contributed by atoms with van der Waals surface area (Å²) in [6.07, 6.45) is 2.59. The van der Waals surface area contributed by atoms with Gasteiger partial charge >= 0.3 is 0 Å². The number of hydrogen-bond acceptors (Lipinski definition) is 2. The van der Waals surface area contributed by atoms with E-state index in [2.05, 4.69) is 12.2 Å². The Morgan fingerprint density at radius 1 is 1.47 bits per heavy atom. The van der Waals surface area contributed by atoms with E-state index in [1.807, 2.05) is 31.2 Å². The third kappa shape index (κ3) is 3.65. The van der Waals surface area contributed by atoms with E-state index in [9.17, 15) is 4.21 Å². The van der Waals surface area contributed by atoms with E-state index in [0.717, 1.165) is 23.1 Å². The van der Waals surface area contributed by atoms with E-state index in [1.165, 1.54) is 18.4 Å². The fourth-order valence-electron chi connectivity index (χ4n) is 2.14. The molecule has 0 heterocycles. The lowest BCUT2D eigenvalue weighted by molar-refractivity contribution is 0.514. The Labute approximate surface area is 106 Å². The predicted molar refractivity (Wildman–Crippen MR) is 72.6 cm³/mol. The zero-order valence-electron chi connectivity index (χ0n) is 10.6. The fraction of sp³-hybridized carbons (Fsp3) is 0.571. The Kier molecular flexibility index (Phi) is 4.35. The van der Waals surface area contributed by atoms with Crippen LogP contribution in [-0.2, 0) is 10.8 Å². The molecule has 0 saturated heterocycles. The highest BCUT2D eigenvalue weighted by Gasteiger charge is 2.31. The summed E-state index contributed by atoms with van der Waals surface area (Å²) in [6, 6.07) is 8.47. The SMILES string of the molecule is CCNC(CS(=O)c1cccc(C)c1)C1CC1. The van der Waals surface area contributed by atoms with Crippen molar-refractivity contribution in [3.63, 3.8) is 0 Å². The summed E-state index contributed by atoms with van der Waals surface area (Å²) in [5.41, 5.74) is 1.18. The Hall–Kier alpha value is -0.670. The minimum atomic E-state index is -0.868. The van der Waals surface area contributed by atoms with Crippen LogP contribution in [0, 0.1) is 12.8 Å². The van der Waals surface area contributed by atoms with E-state index < -0.39 is 10.8 Å². The summed E-state index contributed by atoms with van der Waals surface area (Å²) >= 11 is 0. The van der Waals surface area contributed by atoms with Gasteiger partial charge in [0.1, 0.15) is 0 Å². The molecule has 0 aromatic heterocycles. The molecule has 0 bridgehead atoms. The molecule has 1 aliphatic rings. The fourth-order valence-corrected chi connectivity index (χ4v) is 3.60. The minimum Gasteiger partial charge on any atom is -0.313 e. The van der Waals surface area contributed by atoms with Crippen LogP contribution in [-0.4, -0.2) is 22.5 Å². The summed E-state index contributed by atoms with van der Waals surface area (Å²) in [5, 5.41) is 3.47. The van der Waals surface area contributed by atoms with E-state index in [0.29, 0.717) is 6.04 Å². The monoisotopic (exact) mass is 251 g/mol. The zero-order chi connectivity index (χ0) is 12.3. The highest BCUT2D eigenvalue weighted by molar-refractivity contribution is 7.85. The highest BCUT2D eigenvalue weighted by Crippen LogP contribution is 2.33. The average molecular weight is 251 g/mol. The Balaban J connectivity index is 1.99. The van der Waals surface area contributed by atoms with Crippen molar-refractivity contribution in [3.8, 4) is 0 Å². The van der Waals surface area contributed by atoms with Crippen LogP contribution in [0.15, 0.2) is 29.2 Å². The van der Waals surface area contributed by atoms with E-state index >= 15 is 0 Å². The lowest BCUT2D eigenvalue weighted by Gasteiger charge is -2.16. The molecule has 0 amide bonds. The number of rotatable bonds is 6. The van der Waals surface area contributed by atoms with Gasteiger partial charge in [0.25, 0.3) is 0 Å². The normalized spacial score (nSPS) is 18.9. The molecule has 1 aliphatic carbocycles. The van der Waals surface area contributed by atoms with Gasteiger partial charge < -0.3 is 5.32 Å². The van der Waals surface area contributed by atoms with Crippen molar-refractivity contribution in [2.24, 2.45) is 5.92 Å². The van der Waals surface area contributed by atoms with E-state index in [-0.39, 0.29) is 0 Å². The third-order valence-corrected chi connectivity index (χ3v) is 4.68. The molecule has 2 atom stereocenters. The van der Waals surface area contributed by atoms with Gasteiger partial charge in [-0.3, -0.25) is 4.21 Å². The van der Waals surface area contributed by atoms with Crippen LogP contribution >= 0.6 is 0 Å². The first-order valence-electron chi connectivity index (χ1n) is 6.39. The molecular weight excluding hydrogens is 230 g/mol. The molecular formula is C14H21NOS. The van der Waals surface area contributed by atoms with Gasteiger partial charge in [0, 0.05) is 16.7 Å². The van der Waals surface area contributed by atoms with Crippen molar-refractivity contribution < 1.29 is 4.21 Å². The van der Waals surface area contributed by atoms with E-state index in [4.69, 9.17) is 0 Å². The largest absolute Gasteiger partial charge is 0.313 e. The van der Waals surface area contributed by atoms with Crippen LogP contribution in [0.4, 0.5) is 0 Å². The maximum absolute atomic E-state index is 12.3. The van der Waals surface area contributed by atoms with Crippen molar-refractivity contribution in [2.75, 3.05) is 12.3 Å². The zero-order valence-corrected chi connectivity index (χ0v) is 11.4. The van der Waals surface area contributed by atoms with Crippen LogP contribution < -0.4 is 5.32 Å². The van der Waals surface area contributed by atoms with Crippen molar-refractivity contribution in [3.05, 3.63) is 29.8 Å². The molecule has 0 radical (unpaired) electrons. The minimum absolute atomic E-state index is 0.432. The quantitative estimate of drug-likeness (QED) is 0.841. The van der Waals surface area contributed by atoms with Crippen molar-refractivity contribution in [1.82, 2.24) is 5.32 Å². The first-order valence-corrected chi connectivity index (χ1v) is 7.71. The molecule has 1 aromatic rings. The number of aryl methyl sites for hydroxylation is 1. The lowest BCUT2D eigenvalue weighted by atomic mass is 10.2. The van der Waals surface area contributed by atoms with Gasteiger partial charge in [-0.2, -0.15) is 0 Å². The summed E-state index contributed by atoms with van der Waals surface area (Å²) in [5.74, 6) is 1.51. The van der Waals surface area contributed by atoms with Gasteiger partial charge in [-0.1, -0.05) is 19.1 Å². The van der Waals surface area contributed by atoms with Crippen LogP contribution in [0.5, 0.6) is 0 Å². The molecule has 17 heavy (non-hydrogen) atoms. The summed E-state index contributed by atoms with van der Waals surface area (Å²) < 4.78 is 12.3. The molecule has 0 aliphatic heterocycles. The van der Waals surface area contributed by atoms with Gasteiger partial charge in [0.2, 0.25) is 0 Å². The molecule has 2 rings (SSSR count). The second-order valence-electron chi connectivity index (χ2n) is 4.83. The number of benzene rings is 1. The average Bonchev–Trinajstić information content (AvgIpc) is 3.12. The molecule has 2 unspecified atom stereocenters. The summed E-state index contributed by atoms with van der Waals surface area (Å²) in [4.78, 5) is 0.966. The molecule has 2 nitrogen and oxygen atoms in total. The maximum Gasteiger partial charge on any atom is 0.0545 e. The van der Waals surface area contributed by atoms with Crippen LogP contribution in [0.25, 0.3) is 0 Å². The Morgan fingerprint density at radius 2 is 2.24 bits per heavy atom. The predicted octanol–water partition coefficient (Wildman–Crippen LogP) is 2.49. The van der Waals surface area contributed by atoms with Crippen LogP contribution in [0.3, 0.4) is 0 Å². The van der Waals surface area contributed by atoms with Crippen LogP contribution in [0.1, 0.15) is 25.3 Å². The summed E-state index contributed by atoms with van der Waals surface area (Å²) in [7, 11) is -0.868. The van der Waals surface area contributed by atoms with Gasteiger partial charge in [0.05, 0.1) is 10.8 Å². The lowest BCUT2D eigenvalue weighted by Crippen LogP contribution is -2.35. The van der Waals surface area contributed by atoms with Crippen molar-refractivity contribution in [2.45, 2.75) is 37.6 Å². The van der Waals surface area contributed by atoms with E-state index in [1.54, 1.807) is 0 Å². The Morgan fingerprint density at radius 3 is 2.82 bits per heavy atom. The summed E-state index contributed by atoms with van der Waals surface area (Å²) in [6.45, 7) is 5.13.